The highest BCUT2D eigenvalue weighted by Gasteiger charge is 2.26. The van der Waals surface area contributed by atoms with Crippen molar-refractivity contribution in [2.45, 2.75) is 12.8 Å². The number of hydrogen-bond donors (Lipinski definition) is 1. The molecule has 1 amide bonds. The molecular weight excluding hydrogens is 302 g/mol. The van der Waals surface area contributed by atoms with Crippen LogP contribution in [0.1, 0.15) is 22.3 Å². The molecule has 2 aliphatic rings. The minimum absolute atomic E-state index is 0.143. The van der Waals surface area contributed by atoms with E-state index in [-0.39, 0.29) is 5.91 Å². The lowest BCUT2D eigenvalue weighted by Crippen LogP contribution is -2.49. The molecule has 0 atom stereocenters. The summed E-state index contributed by atoms with van der Waals surface area (Å²) in [6, 6.07) is 7.81. The normalized spacial score (nSPS) is 17.2. The largest absolute Gasteiger partial charge is 0.385 e. The van der Waals surface area contributed by atoms with Crippen molar-refractivity contribution in [2.75, 3.05) is 42.9 Å². The van der Waals surface area contributed by atoms with Crippen molar-refractivity contribution in [3.8, 4) is 0 Å². The quantitative estimate of drug-likeness (QED) is 0.913. The first-order valence-corrected chi connectivity index (χ1v) is 8.50. The van der Waals surface area contributed by atoms with E-state index in [4.69, 9.17) is 0 Å². The van der Waals surface area contributed by atoms with Gasteiger partial charge < -0.3 is 15.1 Å². The molecule has 2 aliphatic heterocycles. The first-order valence-electron chi connectivity index (χ1n) is 8.50. The second-order valence-corrected chi connectivity index (χ2v) is 6.19. The van der Waals surface area contributed by atoms with Gasteiger partial charge >= 0.3 is 0 Å². The zero-order chi connectivity index (χ0) is 16.4. The van der Waals surface area contributed by atoms with Gasteiger partial charge in [0.1, 0.15) is 0 Å². The lowest BCUT2D eigenvalue weighted by molar-refractivity contribution is 0.0745. The Bertz CT molecular complexity index is 725. The summed E-state index contributed by atoms with van der Waals surface area (Å²) in [6.07, 6.45) is 5.56. The number of benzene rings is 1. The van der Waals surface area contributed by atoms with E-state index in [2.05, 4.69) is 26.3 Å². The Hall–Kier alpha value is -2.63. The standard InChI is InChI=1S/C18H21N5O/c24-17(15-4-1-6-16-14(15)5-2-7-19-16)22-10-12-23(13-11-22)18-20-8-3-9-21-18/h1,3-4,6,8-9,19H,2,5,7,10-13H2. The Morgan fingerprint density at radius 1 is 1.04 bits per heavy atom. The molecular formula is C18H21N5O. The minimum Gasteiger partial charge on any atom is -0.385 e. The van der Waals surface area contributed by atoms with Gasteiger partial charge in [0.25, 0.3) is 5.91 Å². The van der Waals surface area contributed by atoms with Crippen LogP contribution < -0.4 is 10.2 Å². The SMILES string of the molecule is O=C(c1cccc2c1CCCN2)N1CCN(c2ncccn2)CC1. The Labute approximate surface area is 141 Å². The van der Waals surface area contributed by atoms with Crippen LogP contribution in [0.5, 0.6) is 0 Å². The van der Waals surface area contributed by atoms with Gasteiger partial charge in [-0.05, 0) is 36.6 Å². The fourth-order valence-electron chi connectivity index (χ4n) is 3.44. The lowest BCUT2D eigenvalue weighted by atomic mass is 9.96. The van der Waals surface area contributed by atoms with Crippen molar-refractivity contribution in [1.29, 1.82) is 0 Å². The fourth-order valence-corrected chi connectivity index (χ4v) is 3.44. The molecule has 2 aromatic rings. The first-order chi connectivity index (χ1) is 11.8. The van der Waals surface area contributed by atoms with Crippen LogP contribution in [0.2, 0.25) is 0 Å². The maximum Gasteiger partial charge on any atom is 0.254 e. The predicted octanol–water partition coefficient (Wildman–Crippen LogP) is 1.80. The Morgan fingerprint density at radius 2 is 1.83 bits per heavy atom. The molecule has 124 valence electrons. The molecule has 0 bridgehead atoms. The number of carbonyl (C=O) groups excluding carboxylic acids is 1. The van der Waals surface area contributed by atoms with Gasteiger partial charge in [0.2, 0.25) is 5.95 Å². The summed E-state index contributed by atoms with van der Waals surface area (Å²) in [5.74, 6) is 0.884. The summed E-state index contributed by atoms with van der Waals surface area (Å²) < 4.78 is 0. The molecule has 6 nitrogen and oxygen atoms in total. The van der Waals surface area contributed by atoms with Crippen LogP contribution in [-0.4, -0.2) is 53.5 Å². The zero-order valence-electron chi connectivity index (χ0n) is 13.6. The Balaban J connectivity index is 1.47. The third kappa shape index (κ3) is 2.79. The van der Waals surface area contributed by atoms with Gasteiger partial charge in [-0.1, -0.05) is 6.07 Å². The van der Waals surface area contributed by atoms with E-state index in [1.165, 1.54) is 5.56 Å². The molecule has 0 saturated carbocycles. The number of amides is 1. The van der Waals surface area contributed by atoms with Gasteiger partial charge in [-0.15, -0.1) is 0 Å². The van der Waals surface area contributed by atoms with Gasteiger partial charge in [0.05, 0.1) is 0 Å². The number of hydrogen-bond acceptors (Lipinski definition) is 5. The zero-order valence-corrected chi connectivity index (χ0v) is 13.6. The molecule has 1 aromatic heterocycles. The molecule has 4 rings (SSSR count). The second kappa shape index (κ2) is 6.47. The highest BCUT2D eigenvalue weighted by molar-refractivity contribution is 5.97. The smallest absolute Gasteiger partial charge is 0.254 e. The maximum atomic E-state index is 13.0. The average Bonchev–Trinajstić information content (AvgIpc) is 2.68. The molecule has 3 heterocycles. The fraction of sp³-hybridized carbons (Fsp3) is 0.389. The Kier molecular flexibility index (Phi) is 4.02. The molecule has 1 fully saturated rings. The highest BCUT2D eigenvalue weighted by atomic mass is 16.2. The third-order valence-corrected chi connectivity index (χ3v) is 4.73. The summed E-state index contributed by atoms with van der Waals surface area (Å²) in [5.41, 5.74) is 3.13. The van der Waals surface area contributed by atoms with Crippen molar-refractivity contribution in [2.24, 2.45) is 0 Å². The number of aromatic nitrogens is 2. The van der Waals surface area contributed by atoms with Crippen molar-refractivity contribution in [1.82, 2.24) is 14.9 Å². The van der Waals surface area contributed by atoms with E-state index in [0.29, 0.717) is 13.1 Å². The number of piperazine rings is 1. The monoisotopic (exact) mass is 323 g/mol. The van der Waals surface area contributed by atoms with E-state index < -0.39 is 0 Å². The summed E-state index contributed by atoms with van der Waals surface area (Å²) >= 11 is 0. The average molecular weight is 323 g/mol. The van der Waals surface area contributed by atoms with E-state index in [0.717, 1.165) is 49.7 Å². The number of nitrogens with zero attached hydrogens (tertiary/aromatic N) is 4. The Morgan fingerprint density at radius 3 is 2.62 bits per heavy atom. The topological polar surface area (TPSA) is 61.4 Å². The summed E-state index contributed by atoms with van der Waals surface area (Å²) in [4.78, 5) is 25.6. The molecule has 0 aliphatic carbocycles. The minimum atomic E-state index is 0.143. The van der Waals surface area contributed by atoms with E-state index in [1.54, 1.807) is 12.4 Å². The predicted molar refractivity (Wildman–Crippen MR) is 93.4 cm³/mol. The van der Waals surface area contributed by atoms with Crippen LogP contribution in [0.15, 0.2) is 36.7 Å². The van der Waals surface area contributed by atoms with E-state index >= 15 is 0 Å². The van der Waals surface area contributed by atoms with E-state index in [1.807, 2.05) is 23.1 Å². The summed E-state index contributed by atoms with van der Waals surface area (Å²) in [5, 5.41) is 3.39. The molecule has 0 radical (unpaired) electrons. The maximum absolute atomic E-state index is 13.0. The van der Waals surface area contributed by atoms with Crippen LogP contribution >= 0.6 is 0 Å². The van der Waals surface area contributed by atoms with Gasteiger partial charge in [-0.25, -0.2) is 9.97 Å². The molecule has 1 aromatic carbocycles. The van der Waals surface area contributed by atoms with Crippen LogP contribution in [-0.2, 0) is 6.42 Å². The van der Waals surface area contributed by atoms with Crippen LogP contribution in [0, 0.1) is 0 Å². The lowest BCUT2D eigenvalue weighted by Gasteiger charge is -2.35. The van der Waals surface area contributed by atoms with Crippen LogP contribution in [0.4, 0.5) is 11.6 Å². The van der Waals surface area contributed by atoms with Gasteiger partial charge in [-0.3, -0.25) is 4.79 Å². The number of rotatable bonds is 2. The van der Waals surface area contributed by atoms with Gasteiger partial charge in [0, 0.05) is 56.4 Å². The molecule has 1 saturated heterocycles. The number of carbonyl (C=O) groups is 1. The molecule has 1 N–H and O–H groups in total. The van der Waals surface area contributed by atoms with E-state index in [9.17, 15) is 4.79 Å². The van der Waals surface area contributed by atoms with Crippen LogP contribution in [0.3, 0.4) is 0 Å². The number of fused-ring (bicyclic) bond motifs is 1. The molecule has 0 unspecified atom stereocenters. The summed E-state index contributed by atoms with van der Waals surface area (Å²) in [6.45, 7) is 3.93. The van der Waals surface area contributed by atoms with Crippen molar-refractivity contribution in [3.05, 3.63) is 47.8 Å². The van der Waals surface area contributed by atoms with Gasteiger partial charge in [0.15, 0.2) is 0 Å². The van der Waals surface area contributed by atoms with Crippen molar-refractivity contribution >= 4 is 17.5 Å². The second-order valence-electron chi connectivity index (χ2n) is 6.19. The number of anilines is 2. The number of nitrogens with one attached hydrogen (secondary N) is 1. The van der Waals surface area contributed by atoms with Gasteiger partial charge in [-0.2, -0.15) is 0 Å². The highest BCUT2D eigenvalue weighted by Crippen LogP contribution is 2.26. The molecule has 0 spiro atoms. The first kappa shape index (κ1) is 14.9. The summed E-state index contributed by atoms with van der Waals surface area (Å²) in [7, 11) is 0. The van der Waals surface area contributed by atoms with Crippen molar-refractivity contribution < 1.29 is 4.79 Å². The third-order valence-electron chi connectivity index (χ3n) is 4.73. The van der Waals surface area contributed by atoms with Crippen LogP contribution in [0.25, 0.3) is 0 Å². The van der Waals surface area contributed by atoms with Crippen molar-refractivity contribution in [3.63, 3.8) is 0 Å². The molecule has 24 heavy (non-hydrogen) atoms. The molecule has 6 heteroatoms.